The summed E-state index contributed by atoms with van der Waals surface area (Å²) >= 11 is 8.38. The van der Waals surface area contributed by atoms with Gasteiger partial charge in [-0.1, -0.05) is 11.6 Å². The number of rotatable bonds is 5. The standard InChI is InChI=1S/C22H28ClN3O2S/c1-16-3-4-17(2)26(16)18-5-6-20(23)19(13-18)21(27)24-14-22(7-12-29-15-22)25-8-10-28-11-9-25/h3-6,13H,7-12,14-15H2,1-2H3,(H,24,27). The molecular formula is C22H28ClN3O2S. The smallest absolute Gasteiger partial charge is 0.252 e. The second-order valence-corrected chi connectivity index (χ2v) is 9.44. The number of carbonyl (C=O) groups excluding carboxylic acids is 1. The highest BCUT2D eigenvalue weighted by Gasteiger charge is 2.41. The van der Waals surface area contributed by atoms with E-state index in [9.17, 15) is 4.79 Å². The highest BCUT2D eigenvalue weighted by Crippen LogP contribution is 2.34. The number of hydrogen-bond donors (Lipinski definition) is 1. The number of benzene rings is 1. The van der Waals surface area contributed by atoms with Crippen molar-refractivity contribution in [3.63, 3.8) is 0 Å². The molecule has 2 fully saturated rings. The van der Waals surface area contributed by atoms with Crippen molar-refractivity contribution in [2.75, 3.05) is 44.4 Å². The number of amides is 1. The zero-order valence-corrected chi connectivity index (χ0v) is 18.6. The first-order chi connectivity index (χ1) is 14.0. The first-order valence-electron chi connectivity index (χ1n) is 10.1. The van der Waals surface area contributed by atoms with Crippen molar-refractivity contribution in [1.82, 2.24) is 14.8 Å². The molecule has 1 unspecified atom stereocenters. The molecule has 0 saturated carbocycles. The van der Waals surface area contributed by atoms with Gasteiger partial charge in [0.25, 0.3) is 5.91 Å². The van der Waals surface area contributed by atoms with Crippen LogP contribution in [0.5, 0.6) is 0 Å². The van der Waals surface area contributed by atoms with Crippen LogP contribution in [0.3, 0.4) is 0 Å². The molecule has 0 bridgehead atoms. The van der Waals surface area contributed by atoms with Crippen molar-refractivity contribution in [3.8, 4) is 5.69 Å². The van der Waals surface area contributed by atoms with E-state index in [4.69, 9.17) is 16.3 Å². The third-order valence-corrected chi connectivity index (χ3v) is 7.63. The number of ether oxygens (including phenoxy) is 1. The Morgan fingerprint density at radius 3 is 2.59 bits per heavy atom. The van der Waals surface area contributed by atoms with E-state index in [0.29, 0.717) is 17.1 Å². The van der Waals surface area contributed by atoms with Crippen molar-refractivity contribution < 1.29 is 9.53 Å². The van der Waals surface area contributed by atoms with Gasteiger partial charge in [0.1, 0.15) is 0 Å². The number of nitrogens with one attached hydrogen (secondary N) is 1. The molecule has 29 heavy (non-hydrogen) atoms. The lowest BCUT2D eigenvalue weighted by atomic mass is 9.95. The summed E-state index contributed by atoms with van der Waals surface area (Å²) in [6, 6.07) is 9.82. The Labute approximate surface area is 181 Å². The number of thioether (sulfide) groups is 1. The van der Waals surface area contributed by atoms with E-state index in [1.54, 1.807) is 0 Å². The van der Waals surface area contributed by atoms with Crippen LogP contribution in [0.4, 0.5) is 0 Å². The molecule has 2 aliphatic heterocycles. The number of carbonyl (C=O) groups is 1. The van der Waals surface area contributed by atoms with Crippen molar-refractivity contribution in [1.29, 1.82) is 0 Å². The SMILES string of the molecule is Cc1ccc(C)n1-c1ccc(Cl)c(C(=O)NCC2(N3CCOCC3)CCSC2)c1. The van der Waals surface area contributed by atoms with Crippen LogP contribution >= 0.6 is 23.4 Å². The summed E-state index contributed by atoms with van der Waals surface area (Å²) in [5.74, 6) is 2.07. The van der Waals surface area contributed by atoms with Crippen LogP contribution in [-0.4, -0.2) is 65.3 Å². The molecule has 7 heteroatoms. The number of halogens is 1. The second-order valence-electron chi connectivity index (χ2n) is 7.92. The van der Waals surface area contributed by atoms with E-state index in [-0.39, 0.29) is 11.4 Å². The molecule has 0 radical (unpaired) electrons. The molecule has 0 spiro atoms. The lowest BCUT2D eigenvalue weighted by molar-refractivity contribution is -0.0129. The van der Waals surface area contributed by atoms with Gasteiger partial charge in [-0.15, -0.1) is 0 Å². The highest BCUT2D eigenvalue weighted by atomic mass is 35.5. The Balaban J connectivity index is 1.53. The normalized spacial score (nSPS) is 22.7. The van der Waals surface area contributed by atoms with E-state index in [0.717, 1.165) is 61.3 Å². The van der Waals surface area contributed by atoms with Crippen molar-refractivity contribution >= 4 is 29.3 Å². The quantitative estimate of drug-likeness (QED) is 0.781. The van der Waals surface area contributed by atoms with Crippen LogP contribution in [-0.2, 0) is 4.74 Å². The maximum atomic E-state index is 13.1. The van der Waals surface area contributed by atoms with Gasteiger partial charge < -0.3 is 14.6 Å². The van der Waals surface area contributed by atoms with Gasteiger partial charge in [0.05, 0.1) is 23.8 Å². The minimum atomic E-state index is -0.108. The van der Waals surface area contributed by atoms with Crippen LogP contribution in [0.15, 0.2) is 30.3 Å². The molecule has 2 aliphatic rings. The molecule has 156 valence electrons. The molecular weight excluding hydrogens is 406 g/mol. The molecule has 5 nitrogen and oxygen atoms in total. The number of aryl methyl sites for hydroxylation is 2. The summed E-state index contributed by atoms with van der Waals surface area (Å²) in [4.78, 5) is 15.6. The summed E-state index contributed by atoms with van der Waals surface area (Å²) in [7, 11) is 0. The third kappa shape index (κ3) is 4.22. The number of nitrogens with zero attached hydrogens (tertiary/aromatic N) is 2. The van der Waals surface area contributed by atoms with Crippen LogP contribution < -0.4 is 5.32 Å². The highest BCUT2D eigenvalue weighted by molar-refractivity contribution is 7.99. The van der Waals surface area contributed by atoms with Gasteiger partial charge in [-0.2, -0.15) is 11.8 Å². The van der Waals surface area contributed by atoms with Gasteiger partial charge in [0.2, 0.25) is 0 Å². The Morgan fingerprint density at radius 2 is 1.93 bits per heavy atom. The van der Waals surface area contributed by atoms with Crippen molar-refractivity contribution in [3.05, 3.63) is 52.3 Å². The zero-order valence-electron chi connectivity index (χ0n) is 17.0. The van der Waals surface area contributed by atoms with E-state index in [1.807, 2.05) is 30.0 Å². The van der Waals surface area contributed by atoms with Crippen molar-refractivity contribution in [2.24, 2.45) is 0 Å². The topological polar surface area (TPSA) is 46.5 Å². The molecule has 1 amide bonds. The zero-order chi connectivity index (χ0) is 20.4. The van der Waals surface area contributed by atoms with Crippen LogP contribution in [0.25, 0.3) is 5.69 Å². The summed E-state index contributed by atoms with van der Waals surface area (Å²) in [6.07, 6.45) is 1.09. The largest absolute Gasteiger partial charge is 0.379 e. The fraction of sp³-hybridized carbons (Fsp3) is 0.500. The number of aromatic nitrogens is 1. The monoisotopic (exact) mass is 433 g/mol. The Morgan fingerprint density at radius 1 is 1.21 bits per heavy atom. The van der Waals surface area contributed by atoms with Crippen molar-refractivity contribution in [2.45, 2.75) is 25.8 Å². The Bertz CT molecular complexity index is 867. The van der Waals surface area contributed by atoms with Gasteiger partial charge >= 0.3 is 0 Å². The number of hydrogen-bond acceptors (Lipinski definition) is 4. The van der Waals surface area contributed by atoms with E-state index >= 15 is 0 Å². The number of morpholine rings is 1. The fourth-order valence-corrected chi connectivity index (χ4v) is 6.06. The maximum absolute atomic E-state index is 13.1. The molecule has 0 aliphatic carbocycles. The Hall–Kier alpha value is -1.47. The van der Waals surface area contributed by atoms with E-state index in [2.05, 4.69) is 40.8 Å². The molecule has 1 atom stereocenters. The summed E-state index contributed by atoms with van der Waals surface area (Å²) < 4.78 is 7.66. The fourth-order valence-electron chi connectivity index (χ4n) is 4.38. The molecule has 3 heterocycles. The first-order valence-corrected chi connectivity index (χ1v) is 11.7. The van der Waals surface area contributed by atoms with Crippen LogP contribution in [0, 0.1) is 13.8 Å². The maximum Gasteiger partial charge on any atom is 0.252 e. The summed E-state index contributed by atoms with van der Waals surface area (Å²) in [5, 5.41) is 3.67. The lowest BCUT2D eigenvalue weighted by Gasteiger charge is -2.43. The molecule has 1 N–H and O–H groups in total. The molecule has 1 aromatic carbocycles. The van der Waals surface area contributed by atoms with Gasteiger partial charge in [-0.3, -0.25) is 9.69 Å². The molecule has 2 aromatic rings. The van der Waals surface area contributed by atoms with Gasteiger partial charge in [0, 0.05) is 48.0 Å². The minimum absolute atomic E-state index is 0.0157. The van der Waals surface area contributed by atoms with E-state index < -0.39 is 0 Å². The average molecular weight is 434 g/mol. The molecule has 2 saturated heterocycles. The summed E-state index contributed by atoms with van der Waals surface area (Å²) in [6.45, 7) is 8.16. The minimum Gasteiger partial charge on any atom is -0.379 e. The summed E-state index contributed by atoms with van der Waals surface area (Å²) in [5.41, 5.74) is 3.76. The van der Waals surface area contributed by atoms with Gasteiger partial charge in [0.15, 0.2) is 0 Å². The first kappa shape index (κ1) is 20.8. The second kappa shape index (κ2) is 8.72. The predicted molar refractivity (Wildman–Crippen MR) is 120 cm³/mol. The lowest BCUT2D eigenvalue weighted by Crippen LogP contribution is -2.59. The Kier molecular flexibility index (Phi) is 6.25. The molecule has 4 rings (SSSR count). The van der Waals surface area contributed by atoms with E-state index in [1.165, 1.54) is 0 Å². The van der Waals surface area contributed by atoms with Gasteiger partial charge in [-0.25, -0.2) is 0 Å². The van der Waals surface area contributed by atoms with Crippen LogP contribution in [0.1, 0.15) is 28.2 Å². The average Bonchev–Trinajstić information content (AvgIpc) is 3.35. The third-order valence-electron chi connectivity index (χ3n) is 6.07. The van der Waals surface area contributed by atoms with Crippen LogP contribution in [0.2, 0.25) is 5.02 Å². The van der Waals surface area contributed by atoms with Gasteiger partial charge in [-0.05, 0) is 56.4 Å². The predicted octanol–water partition coefficient (Wildman–Crippen LogP) is 3.69. The molecule has 1 aromatic heterocycles.